The fraction of sp³-hybridized carbons (Fsp3) is 0.846. The van der Waals surface area contributed by atoms with Gasteiger partial charge in [-0.3, -0.25) is 9.69 Å². The zero-order valence-corrected chi connectivity index (χ0v) is 10.9. The van der Waals surface area contributed by atoms with Crippen molar-refractivity contribution in [2.24, 2.45) is 0 Å². The molecule has 2 aliphatic rings. The molecule has 5 heteroatoms. The van der Waals surface area contributed by atoms with Crippen molar-refractivity contribution in [3.05, 3.63) is 0 Å². The van der Waals surface area contributed by atoms with E-state index in [0.717, 1.165) is 19.4 Å². The minimum atomic E-state index is -0.402. The zero-order chi connectivity index (χ0) is 13.0. The minimum Gasteiger partial charge on any atom is -0.361 e. The largest absolute Gasteiger partial charge is 0.361 e. The molecule has 1 N–H and O–H groups in total. The standard InChI is InChI=1S/C13H21N3O2/c1-10(13(17)15-11-4-2-3-5-11)16-6-7-18-12(8-14)9-16/h10-12H,2-7,9H2,1H3,(H,15,17). The smallest absolute Gasteiger partial charge is 0.237 e. The van der Waals surface area contributed by atoms with Crippen LogP contribution in [0.2, 0.25) is 0 Å². The topological polar surface area (TPSA) is 65.4 Å². The van der Waals surface area contributed by atoms with Gasteiger partial charge < -0.3 is 10.1 Å². The molecule has 100 valence electrons. The molecule has 1 saturated heterocycles. The lowest BCUT2D eigenvalue weighted by Gasteiger charge is -2.34. The molecular weight excluding hydrogens is 230 g/mol. The van der Waals surface area contributed by atoms with Crippen LogP contribution in [0.1, 0.15) is 32.6 Å². The summed E-state index contributed by atoms with van der Waals surface area (Å²) in [5.74, 6) is 0.0838. The SMILES string of the molecule is CC(C(=O)NC1CCCC1)N1CCOC(C#N)C1. The molecule has 18 heavy (non-hydrogen) atoms. The van der Waals surface area contributed by atoms with Crippen molar-refractivity contribution in [2.75, 3.05) is 19.7 Å². The summed E-state index contributed by atoms with van der Waals surface area (Å²) in [6, 6.07) is 2.28. The van der Waals surface area contributed by atoms with Crippen molar-refractivity contribution in [3.63, 3.8) is 0 Å². The molecular formula is C13H21N3O2. The second kappa shape index (κ2) is 6.17. The van der Waals surface area contributed by atoms with Gasteiger partial charge in [0.25, 0.3) is 0 Å². The van der Waals surface area contributed by atoms with Crippen LogP contribution in [-0.2, 0) is 9.53 Å². The Morgan fingerprint density at radius 1 is 1.50 bits per heavy atom. The molecule has 2 unspecified atom stereocenters. The van der Waals surface area contributed by atoms with E-state index in [2.05, 4.69) is 11.4 Å². The van der Waals surface area contributed by atoms with Gasteiger partial charge in [-0.05, 0) is 19.8 Å². The zero-order valence-electron chi connectivity index (χ0n) is 10.9. The van der Waals surface area contributed by atoms with Gasteiger partial charge in [-0.25, -0.2) is 0 Å². The van der Waals surface area contributed by atoms with E-state index in [1.54, 1.807) is 0 Å². The van der Waals surface area contributed by atoms with E-state index in [4.69, 9.17) is 10.00 Å². The predicted octanol–water partition coefficient (Wildman–Crippen LogP) is 0.658. The van der Waals surface area contributed by atoms with Crippen LogP contribution in [0.15, 0.2) is 0 Å². The van der Waals surface area contributed by atoms with Gasteiger partial charge in [0, 0.05) is 19.1 Å². The highest BCUT2D eigenvalue weighted by Crippen LogP contribution is 2.18. The van der Waals surface area contributed by atoms with Gasteiger partial charge in [-0.1, -0.05) is 12.8 Å². The molecule has 2 fully saturated rings. The Labute approximate surface area is 108 Å². The number of nitriles is 1. The summed E-state index contributed by atoms with van der Waals surface area (Å²) in [7, 11) is 0. The van der Waals surface area contributed by atoms with Crippen LogP contribution in [0.4, 0.5) is 0 Å². The molecule has 1 aliphatic heterocycles. The Kier molecular flexibility index (Phi) is 4.56. The molecule has 1 aliphatic carbocycles. The van der Waals surface area contributed by atoms with Gasteiger partial charge in [-0.2, -0.15) is 5.26 Å². The first-order valence-corrected chi connectivity index (χ1v) is 6.76. The number of hydrogen-bond donors (Lipinski definition) is 1. The molecule has 1 heterocycles. The van der Waals surface area contributed by atoms with Gasteiger partial charge >= 0.3 is 0 Å². The highest BCUT2D eigenvalue weighted by molar-refractivity contribution is 5.81. The van der Waals surface area contributed by atoms with Gasteiger partial charge in [0.2, 0.25) is 5.91 Å². The number of carbonyl (C=O) groups excluding carboxylic acids is 1. The van der Waals surface area contributed by atoms with Crippen molar-refractivity contribution in [3.8, 4) is 6.07 Å². The number of amides is 1. The molecule has 0 spiro atoms. The maximum absolute atomic E-state index is 12.1. The molecule has 2 atom stereocenters. The van der Waals surface area contributed by atoms with Crippen LogP contribution in [0.3, 0.4) is 0 Å². The van der Waals surface area contributed by atoms with Crippen LogP contribution in [0.25, 0.3) is 0 Å². The fourth-order valence-corrected chi connectivity index (χ4v) is 2.66. The summed E-state index contributed by atoms with van der Waals surface area (Å²) < 4.78 is 5.29. The van der Waals surface area contributed by atoms with Crippen LogP contribution in [0, 0.1) is 11.3 Å². The number of nitrogens with zero attached hydrogens (tertiary/aromatic N) is 2. The van der Waals surface area contributed by atoms with E-state index in [0.29, 0.717) is 19.2 Å². The fourth-order valence-electron chi connectivity index (χ4n) is 2.66. The second-order valence-electron chi connectivity index (χ2n) is 5.15. The summed E-state index contributed by atoms with van der Waals surface area (Å²) in [5, 5.41) is 12.0. The van der Waals surface area contributed by atoms with Gasteiger partial charge in [0.05, 0.1) is 18.7 Å². The van der Waals surface area contributed by atoms with E-state index in [9.17, 15) is 4.79 Å². The molecule has 0 bridgehead atoms. The van der Waals surface area contributed by atoms with Crippen molar-refractivity contribution >= 4 is 5.91 Å². The molecule has 1 amide bonds. The molecule has 5 nitrogen and oxygen atoms in total. The number of hydrogen-bond acceptors (Lipinski definition) is 4. The van der Waals surface area contributed by atoms with E-state index < -0.39 is 6.10 Å². The number of nitrogens with one attached hydrogen (secondary N) is 1. The van der Waals surface area contributed by atoms with Crippen LogP contribution < -0.4 is 5.32 Å². The van der Waals surface area contributed by atoms with Crippen molar-refractivity contribution in [1.82, 2.24) is 10.2 Å². The Hall–Kier alpha value is -1.12. The Bertz CT molecular complexity index is 334. The van der Waals surface area contributed by atoms with E-state index >= 15 is 0 Å². The molecule has 0 aromatic carbocycles. The third-order valence-electron chi connectivity index (χ3n) is 3.87. The summed E-state index contributed by atoms with van der Waals surface area (Å²) in [6.45, 7) is 3.68. The first kappa shape index (κ1) is 13.3. The van der Waals surface area contributed by atoms with Gasteiger partial charge in [-0.15, -0.1) is 0 Å². The highest BCUT2D eigenvalue weighted by Gasteiger charge is 2.29. The second-order valence-corrected chi connectivity index (χ2v) is 5.15. The third kappa shape index (κ3) is 3.21. The van der Waals surface area contributed by atoms with Crippen LogP contribution in [0.5, 0.6) is 0 Å². The van der Waals surface area contributed by atoms with Gasteiger partial charge in [0.1, 0.15) is 0 Å². The molecule has 0 aromatic heterocycles. The minimum absolute atomic E-state index is 0.0838. The third-order valence-corrected chi connectivity index (χ3v) is 3.87. The lowest BCUT2D eigenvalue weighted by molar-refractivity contribution is -0.128. The number of ether oxygens (including phenoxy) is 1. The van der Waals surface area contributed by atoms with Crippen molar-refractivity contribution < 1.29 is 9.53 Å². The average molecular weight is 251 g/mol. The summed E-state index contributed by atoms with van der Waals surface area (Å²) in [6.07, 6.45) is 4.23. The van der Waals surface area contributed by atoms with Crippen LogP contribution in [-0.4, -0.2) is 48.7 Å². The summed E-state index contributed by atoms with van der Waals surface area (Å²) in [5.41, 5.74) is 0. The Morgan fingerprint density at radius 2 is 2.22 bits per heavy atom. The molecule has 2 rings (SSSR count). The number of rotatable bonds is 3. The molecule has 0 radical (unpaired) electrons. The molecule has 1 saturated carbocycles. The number of morpholine rings is 1. The lowest BCUT2D eigenvalue weighted by Crippen LogP contribution is -2.53. The maximum atomic E-state index is 12.1. The van der Waals surface area contributed by atoms with Crippen molar-refractivity contribution in [2.45, 2.75) is 50.8 Å². The van der Waals surface area contributed by atoms with E-state index in [-0.39, 0.29) is 11.9 Å². The average Bonchev–Trinajstić information content (AvgIpc) is 2.90. The van der Waals surface area contributed by atoms with Gasteiger partial charge in [0.15, 0.2) is 6.10 Å². The van der Waals surface area contributed by atoms with Crippen molar-refractivity contribution in [1.29, 1.82) is 5.26 Å². The van der Waals surface area contributed by atoms with Crippen LogP contribution >= 0.6 is 0 Å². The first-order chi connectivity index (χ1) is 8.70. The van der Waals surface area contributed by atoms with E-state index in [1.165, 1.54) is 12.8 Å². The summed E-state index contributed by atoms with van der Waals surface area (Å²) >= 11 is 0. The quantitative estimate of drug-likeness (QED) is 0.800. The monoisotopic (exact) mass is 251 g/mol. The normalized spacial score (nSPS) is 27.7. The Balaban J connectivity index is 1.83. The van der Waals surface area contributed by atoms with E-state index in [1.807, 2.05) is 11.8 Å². The first-order valence-electron chi connectivity index (χ1n) is 6.76. The Morgan fingerprint density at radius 3 is 2.89 bits per heavy atom. The predicted molar refractivity (Wildman–Crippen MR) is 66.8 cm³/mol. The number of carbonyl (C=O) groups is 1. The summed E-state index contributed by atoms with van der Waals surface area (Å²) in [4.78, 5) is 14.1. The molecule has 0 aromatic rings. The lowest BCUT2D eigenvalue weighted by atomic mass is 10.2. The maximum Gasteiger partial charge on any atom is 0.237 e. The highest BCUT2D eigenvalue weighted by atomic mass is 16.5.